The third-order valence-corrected chi connectivity index (χ3v) is 4.99. The summed E-state index contributed by atoms with van der Waals surface area (Å²) in [7, 11) is 0. The summed E-state index contributed by atoms with van der Waals surface area (Å²) in [5.41, 5.74) is 2.16. The lowest BCUT2D eigenvalue weighted by Crippen LogP contribution is -2.35. The van der Waals surface area contributed by atoms with Crippen molar-refractivity contribution in [3.05, 3.63) is 58.2 Å². The van der Waals surface area contributed by atoms with Gasteiger partial charge in [0.05, 0.1) is 17.1 Å². The number of benzene rings is 2. The van der Waals surface area contributed by atoms with E-state index in [0.29, 0.717) is 10.7 Å². The number of hydrogen-bond acceptors (Lipinski definition) is 3. The molecule has 0 bridgehead atoms. The minimum absolute atomic E-state index is 0.0913. The highest BCUT2D eigenvalue weighted by Gasteiger charge is 2.40. The van der Waals surface area contributed by atoms with Crippen molar-refractivity contribution < 1.29 is 9.59 Å². The molecule has 1 aliphatic rings. The second-order valence-electron chi connectivity index (χ2n) is 5.84. The zero-order chi connectivity index (χ0) is 17.6. The quantitative estimate of drug-likeness (QED) is 0.622. The predicted octanol–water partition coefficient (Wildman–Crippen LogP) is 4.33. The highest BCUT2D eigenvalue weighted by molar-refractivity contribution is 9.10. The van der Waals surface area contributed by atoms with E-state index in [0.717, 1.165) is 26.0 Å². The number of imide groups is 1. The molecule has 1 aromatic heterocycles. The maximum atomic E-state index is 12.7. The Morgan fingerprint density at radius 2 is 2.00 bits per heavy atom. The number of nitrogens with zero attached hydrogens (tertiary/aromatic N) is 1. The van der Waals surface area contributed by atoms with Crippen LogP contribution in [0.5, 0.6) is 0 Å². The standard InChI is InChI=1S/C18H13BrClN3O2/c19-11-2-4-16(13(20)7-11)23-17(24)9-15(18(23)25)22-12-3-1-10-5-6-21-14(10)8-12/h1-8,15,21-22H,9H2. The van der Waals surface area contributed by atoms with Gasteiger partial charge < -0.3 is 10.3 Å². The molecule has 0 aliphatic carbocycles. The van der Waals surface area contributed by atoms with E-state index in [2.05, 4.69) is 26.2 Å². The van der Waals surface area contributed by atoms with Gasteiger partial charge in [-0.05, 0) is 41.8 Å². The maximum absolute atomic E-state index is 12.7. The Labute approximate surface area is 157 Å². The minimum Gasteiger partial charge on any atom is -0.373 e. The van der Waals surface area contributed by atoms with Gasteiger partial charge in [-0.3, -0.25) is 9.59 Å². The molecule has 2 amide bonds. The van der Waals surface area contributed by atoms with Crippen LogP contribution in [0.25, 0.3) is 10.9 Å². The van der Waals surface area contributed by atoms with Crippen LogP contribution in [-0.4, -0.2) is 22.8 Å². The van der Waals surface area contributed by atoms with Crippen LogP contribution in [0, 0.1) is 0 Å². The molecule has 1 unspecified atom stereocenters. The van der Waals surface area contributed by atoms with E-state index in [-0.39, 0.29) is 18.2 Å². The first-order chi connectivity index (χ1) is 12.0. The molecule has 1 fully saturated rings. The number of nitrogens with one attached hydrogen (secondary N) is 2. The second-order valence-corrected chi connectivity index (χ2v) is 7.17. The topological polar surface area (TPSA) is 65.2 Å². The summed E-state index contributed by atoms with van der Waals surface area (Å²) in [5.74, 6) is -0.575. The summed E-state index contributed by atoms with van der Waals surface area (Å²) < 4.78 is 0.786. The summed E-state index contributed by atoms with van der Waals surface area (Å²) in [6.07, 6.45) is 1.95. The zero-order valence-corrected chi connectivity index (χ0v) is 15.3. The van der Waals surface area contributed by atoms with E-state index < -0.39 is 6.04 Å². The van der Waals surface area contributed by atoms with Gasteiger partial charge in [-0.25, -0.2) is 4.90 Å². The fraction of sp³-hybridized carbons (Fsp3) is 0.111. The van der Waals surface area contributed by atoms with Crippen LogP contribution in [0.1, 0.15) is 6.42 Å². The molecule has 0 radical (unpaired) electrons. The van der Waals surface area contributed by atoms with E-state index in [1.165, 1.54) is 0 Å². The summed E-state index contributed by atoms with van der Waals surface area (Å²) >= 11 is 9.52. The van der Waals surface area contributed by atoms with Crippen molar-refractivity contribution >= 4 is 61.6 Å². The molecule has 126 valence electrons. The molecule has 0 saturated carbocycles. The maximum Gasteiger partial charge on any atom is 0.256 e. The van der Waals surface area contributed by atoms with E-state index >= 15 is 0 Å². The Hall–Kier alpha value is -2.31. The second kappa shape index (κ2) is 6.20. The molecular weight excluding hydrogens is 406 g/mol. The van der Waals surface area contributed by atoms with Gasteiger partial charge in [0, 0.05) is 21.9 Å². The molecular formula is C18H13BrClN3O2. The molecule has 25 heavy (non-hydrogen) atoms. The Morgan fingerprint density at radius 1 is 1.16 bits per heavy atom. The number of amides is 2. The lowest BCUT2D eigenvalue weighted by molar-refractivity contribution is -0.121. The number of halogens is 2. The number of fused-ring (bicyclic) bond motifs is 1. The van der Waals surface area contributed by atoms with E-state index in [1.807, 2.05) is 30.5 Å². The smallest absolute Gasteiger partial charge is 0.256 e. The van der Waals surface area contributed by atoms with Crippen LogP contribution in [0.15, 0.2) is 53.1 Å². The van der Waals surface area contributed by atoms with Crippen LogP contribution < -0.4 is 10.2 Å². The SMILES string of the molecule is O=C1CC(Nc2ccc3cc[nH]c3c2)C(=O)N1c1ccc(Br)cc1Cl. The Balaban J connectivity index is 1.60. The molecule has 7 heteroatoms. The van der Waals surface area contributed by atoms with Gasteiger partial charge in [0.25, 0.3) is 5.91 Å². The fourth-order valence-electron chi connectivity index (χ4n) is 3.00. The summed E-state index contributed by atoms with van der Waals surface area (Å²) in [6, 6.07) is 12.2. The van der Waals surface area contributed by atoms with Crippen molar-refractivity contribution in [3.63, 3.8) is 0 Å². The van der Waals surface area contributed by atoms with Gasteiger partial charge in [-0.15, -0.1) is 0 Å². The number of H-pyrrole nitrogens is 1. The first kappa shape index (κ1) is 16.2. The normalized spacial score (nSPS) is 17.5. The van der Waals surface area contributed by atoms with Crippen molar-refractivity contribution in [2.24, 2.45) is 0 Å². The number of hydrogen-bond donors (Lipinski definition) is 2. The zero-order valence-electron chi connectivity index (χ0n) is 12.9. The van der Waals surface area contributed by atoms with E-state index in [9.17, 15) is 9.59 Å². The molecule has 1 atom stereocenters. The molecule has 2 N–H and O–H groups in total. The van der Waals surface area contributed by atoms with E-state index in [4.69, 9.17) is 11.6 Å². The molecule has 2 aromatic carbocycles. The Kier molecular flexibility index (Phi) is 4.01. The van der Waals surface area contributed by atoms with Gasteiger partial charge >= 0.3 is 0 Å². The van der Waals surface area contributed by atoms with Crippen molar-refractivity contribution in [1.29, 1.82) is 0 Å². The number of carbonyl (C=O) groups excluding carboxylic acids is 2. The molecule has 1 aliphatic heterocycles. The number of carbonyl (C=O) groups is 2. The summed E-state index contributed by atoms with van der Waals surface area (Å²) in [5, 5.41) is 4.59. The third-order valence-electron chi connectivity index (χ3n) is 4.19. The van der Waals surface area contributed by atoms with Crippen LogP contribution in [-0.2, 0) is 9.59 Å². The van der Waals surface area contributed by atoms with E-state index in [1.54, 1.807) is 18.2 Å². The monoisotopic (exact) mass is 417 g/mol. The van der Waals surface area contributed by atoms with Crippen molar-refractivity contribution in [1.82, 2.24) is 4.98 Å². The molecule has 1 saturated heterocycles. The Morgan fingerprint density at radius 3 is 2.80 bits per heavy atom. The Bertz CT molecular complexity index is 1000. The minimum atomic E-state index is -0.611. The highest BCUT2D eigenvalue weighted by Crippen LogP contribution is 2.33. The number of aromatic amines is 1. The van der Waals surface area contributed by atoms with Gasteiger partial charge in [-0.2, -0.15) is 0 Å². The highest BCUT2D eigenvalue weighted by atomic mass is 79.9. The first-order valence-electron chi connectivity index (χ1n) is 7.68. The van der Waals surface area contributed by atoms with Gasteiger partial charge in [0.1, 0.15) is 6.04 Å². The number of aromatic nitrogens is 1. The molecule has 5 nitrogen and oxygen atoms in total. The lowest BCUT2D eigenvalue weighted by Gasteiger charge is -2.17. The first-order valence-corrected chi connectivity index (χ1v) is 8.85. The number of anilines is 2. The van der Waals surface area contributed by atoms with Crippen molar-refractivity contribution in [2.45, 2.75) is 12.5 Å². The third kappa shape index (κ3) is 2.92. The largest absolute Gasteiger partial charge is 0.373 e. The van der Waals surface area contributed by atoms with Gasteiger partial charge in [0.15, 0.2) is 0 Å². The van der Waals surface area contributed by atoms with Crippen LogP contribution in [0.2, 0.25) is 5.02 Å². The van der Waals surface area contributed by atoms with Gasteiger partial charge in [-0.1, -0.05) is 33.6 Å². The predicted molar refractivity (Wildman–Crippen MR) is 102 cm³/mol. The molecule has 3 aromatic rings. The molecule has 0 spiro atoms. The molecule has 2 heterocycles. The van der Waals surface area contributed by atoms with Crippen LogP contribution >= 0.6 is 27.5 Å². The molecule has 4 rings (SSSR count). The fourth-order valence-corrected chi connectivity index (χ4v) is 3.76. The van der Waals surface area contributed by atoms with Crippen molar-refractivity contribution in [3.8, 4) is 0 Å². The lowest BCUT2D eigenvalue weighted by atomic mass is 10.2. The van der Waals surface area contributed by atoms with Crippen LogP contribution in [0.4, 0.5) is 11.4 Å². The van der Waals surface area contributed by atoms with Crippen LogP contribution in [0.3, 0.4) is 0 Å². The average molecular weight is 419 g/mol. The summed E-state index contributed by atoms with van der Waals surface area (Å²) in [4.78, 5) is 29.4. The number of rotatable bonds is 3. The average Bonchev–Trinajstić information content (AvgIpc) is 3.13. The van der Waals surface area contributed by atoms with Crippen molar-refractivity contribution in [2.75, 3.05) is 10.2 Å². The van der Waals surface area contributed by atoms with Gasteiger partial charge in [0.2, 0.25) is 5.91 Å². The summed E-state index contributed by atoms with van der Waals surface area (Å²) in [6.45, 7) is 0.